The third-order valence-corrected chi connectivity index (χ3v) is 2.86. The van der Waals surface area contributed by atoms with E-state index in [1.165, 1.54) is 12.1 Å². The first-order chi connectivity index (χ1) is 6.54. The first-order valence-electron chi connectivity index (χ1n) is 4.68. The van der Waals surface area contributed by atoms with Gasteiger partial charge in [-0.25, -0.2) is 4.39 Å². The molecule has 0 spiro atoms. The highest BCUT2D eigenvalue weighted by Crippen LogP contribution is 2.25. The van der Waals surface area contributed by atoms with E-state index in [2.05, 4.69) is 15.9 Å². The van der Waals surface area contributed by atoms with Gasteiger partial charge in [-0.15, -0.1) is 0 Å². The van der Waals surface area contributed by atoms with Crippen LogP contribution in [0.25, 0.3) is 0 Å². The summed E-state index contributed by atoms with van der Waals surface area (Å²) in [4.78, 5) is 0. The normalized spacial score (nSPS) is 15.2. The van der Waals surface area contributed by atoms with E-state index >= 15 is 0 Å². The second-order valence-corrected chi connectivity index (χ2v) is 4.38. The lowest BCUT2D eigenvalue weighted by molar-refractivity contribution is 0.145. The Bertz CT molecular complexity index is 294. The summed E-state index contributed by atoms with van der Waals surface area (Å²) in [5.41, 5.74) is 0.825. The van der Waals surface area contributed by atoms with Gasteiger partial charge in [0.05, 0.1) is 6.10 Å². The van der Waals surface area contributed by atoms with E-state index in [1.54, 1.807) is 0 Å². The summed E-state index contributed by atoms with van der Waals surface area (Å²) in [5.74, 6) is -0.309. The Morgan fingerprint density at radius 1 is 1.43 bits per heavy atom. The lowest BCUT2D eigenvalue weighted by atomic mass is 9.94. The van der Waals surface area contributed by atoms with Crippen molar-refractivity contribution in [3.05, 3.63) is 34.1 Å². The van der Waals surface area contributed by atoms with Crippen molar-refractivity contribution in [1.82, 2.24) is 0 Å². The molecule has 0 radical (unpaired) electrons. The minimum absolute atomic E-state index is 0.0352. The number of rotatable bonds is 3. The van der Waals surface area contributed by atoms with Crippen molar-refractivity contribution < 1.29 is 9.50 Å². The molecule has 2 unspecified atom stereocenters. The van der Waals surface area contributed by atoms with Crippen LogP contribution in [0.4, 0.5) is 4.39 Å². The van der Waals surface area contributed by atoms with Crippen molar-refractivity contribution in [2.45, 2.75) is 32.3 Å². The molecule has 14 heavy (non-hydrogen) atoms. The van der Waals surface area contributed by atoms with E-state index in [4.69, 9.17) is 0 Å². The third-order valence-electron chi connectivity index (χ3n) is 2.41. The number of aliphatic hydroxyl groups is 1. The number of halogens is 2. The summed E-state index contributed by atoms with van der Waals surface area (Å²) >= 11 is 3.23. The lowest BCUT2D eigenvalue weighted by Gasteiger charge is -2.17. The molecule has 1 aromatic rings. The van der Waals surface area contributed by atoms with Crippen molar-refractivity contribution in [2.75, 3.05) is 0 Å². The van der Waals surface area contributed by atoms with Crippen LogP contribution in [-0.2, 0) is 0 Å². The van der Waals surface area contributed by atoms with Crippen LogP contribution in [0.2, 0.25) is 0 Å². The average Bonchev–Trinajstić information content (AvgIpc) is 2.14. The van der Waals surface area contributed by atoms with Crippen molar-refractivity contribution in [3.63, 3.8) is 0 Å². The zero-order valence-corrected chi connectivity index (χ0v) is 9.88. The van der Waals surface area contributed by atoms with Gasteiger partial charge in [0.2, 0.25) is 0 Å². The second-order valence-electron chi connectivity index (χ2n) is 3.47. The number of aliphatic hydroxyl groups excluding tert-OH is 1. The number of hydrogen-bond donors (Lipinski definition) is 1. The zero-order chi connectivity index (χ0) is 10.7. The van der Waals surface area contributed by atoms with Crippen LogP contribution >= 0.6 is 15.9 Å². The van der Waals surface area contributed by atoms with Gasteiger partial charge in [-0.2, -0.15) is 0 Å². The first kappa shape index (κ1) is 11.7. The maximum atomic E-state index is 13.0. The fourth-order valence-electron chi connectivity index (χ4n) is 1.41. The van der Waals surface area contributed by atoms with Crippen molar-refractivity contribution >= 4 is 15.9 Å². The zero-order valence-electron chi connectivity index (χ0n) is 8.30. The SMILES string of the molecule is CCC(O)C(C)c1cc(F)cc(Br)c1. The van der Waals surface area contributed by atoms with E-state index in [0.717, 1.165) is 5.56 Å². The van der Waals surface area contributed by atoms with Gasteiger partial charge in [0.15, 0.2) is 0 Å². The van der Waals surface area contributed by atoms with Gasteiger partial charge in [0.25, 0.3) is 0 Å². The summed E-state index contributed by atoms with van der Waals surface area (Å²) in [6, 6.07) is 4.72. The van der Waals surface area contributed by atoms with Gasteiger partial charge in [0.1, 0.15) is 5.82 Å². The second kappa shape index (κ2) is 4.89. The van der Waals surface area contributed by atoms with Crippen LogP contribution in [0.15, 0.2) is 22.7 Å². The van der Waals surface area contributed by atoms with E-state index in [9.17, 15) is 9.50 Å². The summed E-state index contributed by atoms with van der Waals surface area (Å²) in [6.45, 7) is 3.81. The van der Waals surface area contributed by atoms with Crippen LogP contribution < -0.4 is 0 Å². The molecule has 0 saturated carbocycles. The maximum Gasteiger partial charge on any atom is 0.124 e. The van der Waals surface area contributed by atoms with Gasteiger partial charge < -0.3 is 5.11 Å². The van der Waals surface area contributed by atoms with E-state index in [1.807, 2.05) is 19.9 Å². The molecule has 0 saturated heterocycles. The molecular weight excluding hydrogens is 247 g/mol. The summed E-state index contributed by atoms with van der Waals surface area (Å²) < 4.78 is 13.8. The van der Waals surface area contributed by atoms with Crippen molar-refractivity contribution in [2.24, 2.45) is 0 Å². The molecule has 0 heterocycles. The van der Waals surface area contributed by atoms with Crippen LogP contribution in [0.5, 0.6) is 0 Å². The number of benzene rings is 1. The Morgan fingerprint density at radius 3 is 2.57 bits per heavy atom. The van der Waals surface area contributed by atoms with Crippen LogP contribution in [-0.4, -0.2) is 11.2 Å². The minimum atomic E-state index is -0.413. The third kappa shape index (κ3) is 2.79. The highest BCUT2D eigenvalue weighted by molar-refractivity contribution is 9.10. The summed E-state index contributed by atoms with van der Waals surface area (Å²) in [7, 11) is 0. The highest BCUT2D eigenvalue weighted by Gasteiger charge is 2.15. The molecule has 0 aliphatic carbocycles. The first-order valence-corrected chi connectivity index (χ1v) is 5.48. The molecule has 0 bridgehead atoms. The molecule has 0 fully saturated rings. The van der Waals surface area contributed by atoms with Crippen LogP contribution in [0.1, 0.15) is 31.7 Å². The summed E-state index contributed by atoms with van der Waals surface area (Å²) in [5, 5.41) is 9.62. The van der Waals surface area contributed by atoms with E-state index in [-0.39, 0.29) is 11.7 Å². The van der Waals surface area contributed by atoms with Crippen LogP contribution in [0, 0.1) is 5.82 Å². The van der Waals surface area contributed by atoms with Gasteiger partial charge in [0, 0.05) is 10.4 Å². The number of hydrogen-bond acceptors (Lipinski definition) is 1. The lowest BCUT2D eigenvalue weighted by Crippen LogP contribution is -2.14. The Balaban J connectivity index is 2.94. The molecule has 3 heteroatoms. The van der Waals surface area contributed by atoms with Crippen LogP contribution in [0.3, 0.4) is 0 Å². The monoisotopic (exact) mass is 260 g/mol. The van der Waals surface area contributed by atoms with E-state index < -0.39 is 6.10 Å². The Kier molecular flexibility index (Phi) is 4.08. The Hall–Kier alpha value is -0.410. The largest absolute Gasteiger partial charge is 0.393 e. The molecular formula is C11H14BrFO. The van der Waals surface area contributed by atoms with Gasteiger partial charge in [-0.3, -0.25) is 0 Å². The topological polar surface area (TPSA) is 20.2 Å². The standard InChI is InChI=1S/C11H14BrFO/c1-3-11(14)7(2)8-4-9(12)6-10(13)5-8/h4-7,11,14H,3H2,1-2H3. The predicted octanol–water partition coefficient (Wildman–Crippen LogP) is 3.46. The van der Waals surface area contributed by atoms with Gasteiger partial charge in [-0.1, -0.05) is 29.8 Å². The highest BCUT2D eigenvalue weighted by atomic mass is 79.9. The summed E-state index contributed by atoms with van der Waals surface area (Å²) in [6.07, 6.45) is 0.263. The molecule has 1 rings (SSSR count). The van der Waals surface area contributed by atoms with Gasteiger partial charge >= 0.3 is 0 Å². The Labute approximate surface area is 92.1 Å². The molecule has 78 valence electrons. The van der Waals surface area contributed by atoms with Gasteiger partial charge in [-0.05, 0) is 30.2 Å². The quantitative estimate of drug-likeness (QED) is 0.883. The van der Waals surface area contributed by atoms with Crippen molar-refractivity contribution in [1.29, 1.82) is 0 Å². The smallest absolute Gasteiger partial charge is 0.124 e. The molecule has 1 N–H and O–H groups in total. The van der Waals surface area contributed by atoms with Crippen molar-refractivity contribution in [3.8, 4) is 0 Å². The molecule has 0 aliphatic rings. The fourth-order valence-corrected chi connectivity index (χ4v) is 1.90. The molecule has 1 nitrogen and oxygen atoms in total. The predicted molar refractivity (Wildman–Crippen MR) is 58.8 cm³/mol. The Morgan fingerprint density at radius 2 is 2.07 bits per heavy atom. The maximum absolute atomic E-state index is 13.0. The average molecular weight is 261 g/mol. The molecule has 0 aliphatic heterocycles. The molecule has 1 aromatic carbocycles. The molecule has 0 aromatic heterocycles. The van der Waals surface area contributed by atoms with E-state index in [0.29, 0.717) is 10.9 Å². The fraction of sp³-hybridized carbons (Fsp3) is 0.455. The molecule has 0 amide bonds. The molecule has 2 atom stereocenters. The minimum Gasteiger partial charge on any atom is -0.393 e.